The molecule has 1 amide bonds. The monoisotopic (exact) mass is 237 g/mol. The highest BCUT2D eigenvalue weighted by molar-refractivity contribution is 5.79. The summed E-state index contributed by atoms with van der Waals surface area (Å²) in [5, 5.41) is 20.9. The van der Waals surface area contributed by atoms with Gasteiger partial charge in [0, 0.05) is 6.42 Å². The third-order valence-electron chi connectivity index (χ3n) is 2.37. The Kier molecular flexibility index (Phi) is 4.66. The normalized spacial score (nSPS) is 13.8. The molecule has 5 heteroatoms. The highest BCUT2D eigenvalue weighted by atomic mass is 16.4. The molecule has 92 valence electrons. The predicted molar refractivity (Wildman–Crippen MR) is 61.3 cm³/mol. The highest BCUT2D eigenvalue weighted by Crippen LogP contribution is 2.17. The summed E-state index contributed by atoms with van der Waals surface area (Å²) in [7, 11) is 0. The van der Waals surface area contributed by atoms with Gasteiger partial charge in [-0.05, 0) is 5.56 Å². The van der Waals surface area contributed by atoms with E-state index in [0.29, 0.717) is 5.56 Å². The molecule has 0 radical (unpaired) electrons. The van der Waals surface area contributed by atoms with Gasteiger partial charge in [0.15, 0.2) is 6.10 Å². The zero-order valence-corrected chi connectivity index (χ0v) is 9.46. The van der Waals surface area contributed by atoms with Crippen LogP contribution in [0.15, 0.2) is 30.3 Å². The van der Waals surface area contributed by atoms with Crippen molar-refractivity contribution in [1.82, 2.24) is 5.32 Å². The van der Waals surface area contributed by atoms with E-state index in [4.69, 9.17) is 5.11 Å². The average molecular weight is 237 g/mol. The Morgan fingerprint density at radius 1 is 1.29 bits per heavy atom. The van der Waals surface area contributed by atoms with Crippen molar-refractivity contribution in [2.45, 2.75) is 25.5 Å². The molecule has 2 atom stereocenters. The quantitative estimate of drug-likeness (QED) is 0.703. The highest BCUT2D eigenvalue weighted by Gasteiger charge is 2.28. The first kappa shape index (κ1) is 13.2. The van der Waals surface area contributed by atoms with Gasteiger partial charge < -0.3 is 15.5 Å². The van der Waals surface area contributed by atoms with Crippen molar-refractivity contribution in [2.24, 2.45) is 0 Å². The molecule has 0 heterocycles. The Bertz CT molecular complexity index is 391. The van der Waals surface area contributed by atoms with E-state index >= 15 is 0 Å². The summed E-state index contributed by atoms with van der Waals surface area (Å²) in [5.41, 5.74) is 0.559. The zero-order valence-electron chi connectivity index (χ0n) is 9.46. The molecule has 3 N–H and O–H groups in total. The van der Waals surface area contributed by atoms with Crippen LogP contribution in [0.5, 0.6) is 0 Å². The number of rotatable bonds is 5. The minimum absolute atomic E-state index is 0.232. The van der Waals surface area contributed by atoms with Gasteiger partial charge in [-0.3, -0.25) is 4.79 Å². The number of carboxylic acid groups (broad SMARTS) is 1. The van der Waals surface area contributed by atoms with Crippen molar-refractivity contribution in [3.8, 4) is 0 Å². The van der Waals surface area contributed by atoms with Crippen LogP contribution in [0.3, 0.4) is 0 Å². The van der Waals surface area contributed by atoms with Crippen LogP contribution in [-0.2, 0) is 9.59 Å². The molecule has 1 aromatic carbocycles. The van der Waals surface area contributed by atoms with Gasteiger partial charge in [-0.25, -0.2) is 4.79 Å². The van der Waals surface area contributed by atoms with E-state index in [-0.39, 0.29) is 12.3 Å². The van der Waals surface area contributed by atoms with Crippen LogP contribution in [0.2, 0.25) is 0 Å². The lowest BCUT2D eigenvalue weighted by atomic mass is 10.0. The number of carbonyl (C=O) groups is 2. The van der Waals surface area contributed by atoms with Crippen LogP contribution in [0.4, 0.5) is 0 Å². The van der Waals surface area contributed by atoms with Crippen LogP contribution in [0.1, 0.15) is 24.9 Å². The van der Waals surface area contributed by atoms with Gasteiger partial charge in [-0.15, -0.1) is 0 Å². The van der Waals surface area contributed by atoms with Crippen LogP contribution in [0.25, 0.3) is 0 Å². The molecule has 17 heavy (non-hydrogen) atoms. The number of carboxylic acids is 1. The van der Waals surface area contributed by atoms with Crippen LogP contribution >= 0.6 is 0 Å². The topological polar surface area (TPSA) is 86.6 Å². The molecular weight excluding hydrogens is 222 g/mol. The third-order valence-corrected chi connectivity index (χ3v) is 2.37. The van der Waals surface area contributed by atoms with Crippen molar-refractivity contribution in [2.75, 3.05) is 0 Å². The summed E-state index contributed by atoms with van der Waals surface area (Å²) in [5.74, 6) is -1.67. The third kappa shape index (κ3) is 3.57. The smallest absolute Gasteiger partial charge is 0.335 e. The van der Waals surface area contributed by atoms with Crippen LogP contribution in [0, 0.1) is 0 Å². The van der Waals surface area contributed by atoms with E-state index in [0.717, 1.165) is 0 Å². The van der Waals surface area contributed by atoms with E-state index in [1.165, 1.54) is 0 Å². The average Bonchev–Trinajstić information content (AvgIpc) is 2.35. The minimum Gasteiger partial charge on any atom is -0.479 e. The first-order valence-corrected chi connectivity index (χ1v) is 5.31. The summed E-state index contributed by atoms with van der Waals surface area (Å²) in [4.78, 5) is 22.1. The largest absolute Gasteiger partial charge is 0.479 e. The summed E-state index contributed by atoms with van der Waals surface area (Å²) >= 11 is 0. The number of benzene rings is 1. The summed E-state index contributed by atoms with van der Waals surface area (Å²) in [6.07, 6.45) is -1.43. The molecule has 2 unspecified atom stereocenters. The number of amides is 1. The Labute approximate surface area is 99.1 Å². The molecule has 0 aromatic heterocycles. The second-order valence-electron chi connectivity index (χ2n) is 3.59. The minimum atomic E-state index is -1.66. The molecule has 0 spiro atoms. The van der Waals surface area contributed by atoms with E-state index in [1.807, 2.05) is 0 Å². The zero-order chi connectivity index (χ0) is 12.8. The molecule has 1 aromatic rings. The number of aliphatic carboxylic acids is 1. The number of nitrogens with one attached hydrogen (secondary N) is 1. The molecule has 0 saturated heterocycles. The first-order valence-electron chi connectivity index (χ1n) is 5.31. The lowest BCUT2D eigenvalue weighted by molar-refractivity contribution is -0.148. The maximum absolute atomic E-state index is 11.3. The van der Waals surface area contributed by atoms with Crippen LogP contribution < -0.4 is 5.32 Å². The van der Waals surface area contributed by atoms with E-state index in [9.17, 15) is 14.7 Å². The second-order valence-corrected chi connectivity index (χ2v) is 3.59. The number of aliphatic hydroxyl groups excluding tert-OH is 1. The molecule has 1 rings (SSSR count). The van der Waals surface area contributed by atoms with Crippen molar-refractivity contribution in [3.05, 3.63) is 35.9 Å². The van der Waals surface area contributed by atoms with Gasteiger partial charge in [-0.2, -0.15) is 0 Å². The van der Waals surface area contributed by atoms with E-state index in [1.54, 1.807) is 37.3 Å². The summed E-state index contributed by atoms with van der Waals surface area (Å²) in [6.45, 7) is 1.66. The van der Waals surface area contributed by atoms with E-state index < -0.39 is 18.1 Å². The maximum Gasteiger partial charge on any atom is 0.335 e. The predicted octanol–water partition coefficient (Wildman–Crippen LogP) is 0.699. The number of aliphatic hydroxyl groups is 1. The standard InChI is InChI=1S/C12H15NO4/c1-2-9(14)13-10(11(15)12(16)17)8-6-4-3-5-7-8/h3-7,10-11,15H,2H2,1H3,(H,13,14)(H,16,17). The fraction of sp³-hybridized carbons (Fsp3) is 0.333. The SMILES string of the molecule is CCC(=O)NC(c1ccccc1)C(O)C(=O)O. The van der Waals surface area contributed by atoms with Gasteiger partial charge in [0.05, 0.1) is 6.04 Å². The summed E-state index contributed by atoms with van der Waals surface area (Å²) < 4.78 is 0. The van der Waals surface area contributed by atoms with Crippen LogP contribution in [-0.4, -0.2) is 28.2 Å². The van der Waals surface area contributed by atoms with Crippen molar-refractivity contribution < 1.29 is 19.8 Å². The fourth-order valence-corrected chi connectivity index (χ4v) is 1.42. The molecule has 0 bridgehead atoms. The Hall–Kier alpha value is -1.88. The molecule has 0 aliphatic heterocycles. The molecule has 0 fully saturated rings. The number of carbonyl (C=O) groups excluding carboxylic acids is 1. The van der Waals surface area contributed by atoms with Gasteiger partial charge in [-0.1, -0.05) is 37.3 Å². The van der Waals surface area contributed by atoms with Gasteiger partial charge in [0.2, 0.25) is 5.91 Å². The molecule has 5 nitrogen and oxygen atoms in total. The Balaban J connectivity index is 2.94. The molecular formula is C12H15NO4. The van der Waals surface area contributed by atoms with Crippen molar-refractivity contribution >= 4 is 11.9 Å². The lowest BCUT2D eigenvalue weighted by Gasteiger charge is -2.21. The lowest BCUT2D eigenvalue weighted by Crippen LogP contribution is -2.40. The maximum atomic E-state index is 11.3. The van der Waals surface area contributed by atoms with Crippen molar-refractivity contribution in [3.63, 3.8) is 0 Å². The summed E-state index contributed by atoms with van der Waals surface area (Å²) in [6, 6.07) is 7.60. The van der Waals surface area contributed by atoms with E-state index in [2.05, 4.69) is 5.32 Å². The number of hydrogen-bond donors (Lipinski definition) is 3. The Morgan fingerprint density at radius 2 is 1.88 bits per heavy atom. The Morgan fingerprint density at radius 3 is 2.35 bits per heavy atom. The van der Waals surface area contributed by atoms with Gasteiger partial charge in [0.1, 0.15) is 0 Å². The first-order chi connectivity index (χ1) is 8.06. The number of hydrogen-bond acceptors (Lipinski definition) is 3. The van der Waals surface area contributed by atoms with Crippen molar-refractivity contribution in [1.29, 1.82) is 0 Å². The molecule has 0 aliphatic carbocycles. The molecule has 0 aliphatic rings. The van der Waals surface area contributed by atoms with Gasteiger partial charge in [0.25, 0.3) is 0 Å². The fourth-order valence-electron chi connectivity index (χ4n) is 1.42. The van der Waals surface area contributed by atoms with Gasteiger partial charge >= 0.3 is 5.97 Å². The second kappa shape index (κ2) is 6.00. The molecule has 0 saturated carbocycles.